The van der Waals surface area contributed by atoms with Crippen LogP contribution in [-0.2, 0) is 11.3 Å². The molecular weight excluding hydrogens is 436 g/mol. The van der Waals surface area contributed by atoms with E-state index in [1.165, 1.54) is 5.56 Å². The summed E-state index contributed by atoms with van der Waals surface area (Å²) < 4.78 is 11.6. The van der Waals surface area contributed by atoms with Crippen LogP contribution in [0.15, 0.2) is 72.8 Å². The SMILES string of the molecule is CCOc1cccc(CN2CCC(C(=O)Nc3cc(Cl)ccc3Oc3ccccc3)CC2)c1. The number of carbonyl (C=O) groups is 1. The third-order valence-electron chi connectivity index (χ3n) is 5.74. The Morgan fingerprint density at radius 2 is 1.76 bits per heavy atom. The number of benzene rings is 3. The number of nitrogens with zero attached hydrogens (tertiary/aromatic N) is 1. The maximum Gasteiger partial charge on any atom is 0.227 e. The Balaban J connectivity index is 1.34. The summed E-state index contributed by atoms with van der Waals surface area (Å²) >= 11 is 6.19. The fourth-order valence-corrected chi connectivity index (χ4v) is 4.22. The van der Waals surface area contributed by atoms with Crippen molar-refractivity contribution >= 4 is 23.2 Å². The Morgan fingerprint density at radius 3 is 2.52 bits per heavy atom. The molecule has 1 aliphatic rings. The number of piperidine rings is 1. The van der Waals surface area contributed by atoms with Crippen molar-refractivity contribution < 1.29 is 14.3 Å². The Kier molecular flexibility index (Phi) is 7.87. The molecule has 1 saturated heterocycles. The zero-order valence-electron chi connectivity index (χ0n) is 18.8. The Labute approximate surface area is 200 Å². The van der Waals surface area contributed by atoms with E-state index in [9.17, 15) is 4.79 Å². The predicted octanol–water partition coefficient (Wildman–Crippen LogP) is 6.38. The van der Waals surface area contributed by atoms with E-state index in [2.05, 4.69) is 22.3 Å². The molecule has 33 heavy (non-hydrogen) atoms. The van der Waals surface area contributed by atoms with Crippen molar-refractivity contribution in [3.63, 3.8) is 0 Å². The number of halogens is 1. The monoisotopic (exact) mass is 464 g/mol. The Hall–Kier alpha value is -3.02. The van der Waals surface area contributed by atoms with Crippen LogP contribution in [0.4, 0.5) is 5.69 Å². The predicted molar refractivity (Wildman–Crippen MR) is 132 cm³/mol. The van der Waals surface area contributed by atoms with E-state index in [0.29, 0.717) is 28.8 Å². The maximum absolute atomic E-state index is 13.0. The molecule has 0 aliphatic carbocycles. The molecule has 0 aromatic heterocycles. The molecule has 1 heterocycles. The van der Waals surface area contributed by atoms with Crippen molar-refractivity contribution in [2.24, 2.45) is 5.92 Å². The minimum Gasteiger partial charge on any atom is -0.494 e. The van der Waals surface area contributed by atoms with Crippen molar-refractivity contribution in [2.45, 2.75) is 26.3 Å². The molecule has 172 valence electrons. The van der Waals surface area contributed by atoms with Crippen LogP contribution in [0.5, 0.6) is 17.2 Å². The first kappa shape index (κ1) is 23.1. The molecule has 1 aliphatic heterocycles. The molecule has 5 nitrogen and oxygen atoms in total. The zero-order valence-corrected chi connectivity index (χ0v) is 19.6. The summed E-state index contributed by atoms with van der Waals surface area (Å²) in [7, 11) is 0. The average Bonchev–Trinajstić information content (AvgIpc) is 2.82. The Morgan fingerprint density at radius 1 is 1.00 bits per heavy atom. The van der Waals surface area contributed by atoms with Crippen LogP contribution in [0, 0.1) is 5.92 Å². The number of likely N-dealkylation sites (tertiary alicyclic amines) is 1. The molecule has 0 saturated carbocycles. The van der Waals surface area contributed by atoms with Crippen LogP contribution in [0.2, 0.25) is 5.02 Å². The van der Waals surface area contributed by atoms with E-state index < -0.39 is 0 Å². The summed E-state index contributed by atoms with van der Waals surface area (Å²) in [4.78, 5) is 15.4. The number of rotatable bonds is 8. The van der Waals surface area contributed by atoms with Gasteiger partial charge in [-0.25, -0.2) is 0 Å². The topological polar surface area (TPSA) is 50.8 Å². The third-order valence-corrected chi connectivity index (χ3v) is 5.98. The molecular formula is C27H29ClN2O3. The molecule has 0 unspecified atom stereocenters. The van der Waals surface area contributed by atoms with Gasteiger partial charge >= 0.3 is 0 Å². The Bertz CT molecular complexity index is 1070. The number of amides is 1. The maximum atomic E-state index is 13.0. The molecule has 0 radical (unpaired) electrons. The first-order valence-electron chi connectivity index (χ1n) is 11.4. The highest BCUT2D eigenvalue weighted by Gasteiger charge is 2.26. The summed E-state index contributed by atoms with van der Waals surface area (Å²) in [5, 5.41) is 3.59. The molecule has 1 fully saturated rings. The zero-order chi connectivity index (χ0) is 23.0. The standard InChI is InChI=1S/C27H29ClN2O3/c1-2-32-24-10-6-7-20(17-24)19-30-15-13-21(14-16-30)27(31)29-25-18-22(28)11-12-26(25)33-23-8-4-3-5-9-23/h3-12,17-18,21H,2,13-16,19H2,1H3,(H,29,31). The van der Waals surface area contributed by atoms with Crippen LogP contribution >= 0.6 is 11.6 Å². The molecule has 1 N–H and O–H groups in total. The second kappa shape index (κ2) is 11.2. The highest BCUT2D eigenvalue weighted by molar-refractivity contribution is 6.31. The fourth-order valence-electron chi connectivity index (χ4n) is 4.05. The van der Waals surface area contributed by atoms with Gasteiger partial charge in [-0.3, -0.25) is 9.69 Å². The van der Waals surface area contributed by atoms with Gasteiger partial charge in [0.05, 0.1) is 12.3 Å². The summed E-state index contributed by atoms with van der Waals surface area (Å²) in [6.07, 6.45) is 1.62. The van der Waals surface area contributed by atoms with Gasteiger partial charge in [0.2, 0.25) is 5.91 Å². The molecule has 4 rings (SSSR count). The second-order valence-corrected chi connectivity index (χ2v) is 8.61. The van der Waals surface area contributed by atoms with E-state index in [0.717, 1.165) is 38.2 Å². The summed E-state index contributed by atoms with van der Waals surface area (Å²) in [5.41, 5.74) is 1.82. The van der Waals surface area contributed by atoms with Crippen molar-refractivity contribution in [2.75, 3.05) is 25.0 Å². The van der Waals surface area contributed by atoms with Crippen LogP contribution in [0.1, 0.15) is 25.3 Å². The molecule has 0 spiro atoms. The van der Waals surface area contributed by atoms with Gasteiger partial charge < -0.3 is 14.8 Å². The molecule has 3 aromatic carbocycles. The highest BCUT2D eigenvalue weighted by Crippen LogP contribution is 2.33. The first-order chi connectivity index (χ1) is 16.1. The number of nitrogens with one attached hydrogen (secondary N) is 1. The lowest BCUT2D eigenvalue weighted by atomic mass is 9.95. The number of hydrogen-bond donors (Lipinski definition) is 1. The van der Waals surface area contributed by atoms with Crippen LogP contribution in [0.25, 0.3) is 0 Å². The van der Waals surface area contributed by atoms with Gasteiger partial charge in [-0.2, -0.15) is 0 Å². The average molecular weight is 465 g/mol. The number of anilines is 1. The third kappa shape index (κ3) is 6.50. The molecule has 0 bridgehead atoms. The highest BCUT2D eigenvalue weighted by atomic mass is 35.5. The number of para-hydroxylation sites is 1. The minimum absolute atomic E-state index is 0.00757. The van der Waals surface area contributed by atoms with Crippen LogP contribution in [-0.4, -0.2) is 30.5 Å². The molecule has 1 amide bonds. The van der Waals surface area contributed by atoms with Crippen LogP contribution in [0.3, 0.4) is 0 Å². The number of ether oxygens (including phenoxy) is 2. The van der Waals surface area contributed by atoms with Gasteiger partial charge in [-0.1, -0.05) is 41.9 Å². The van der Waals surface area contributed by atoms with E-state index in [4.69, 9.17) is 21.1 Å². The van der Waals surface area contributed by atoms with E-state index >= 15 is 0 Å². The normalized spacial score (nSPS) is 14.6. The lowest BCUT2D eigenvalue weighted by Crippen LogP contribution is -2.37. The van der Waals surface area contributed by atoms with Gasteiger partial charge in [0.1, 0.15) is 11.5 Å². The second-order valence-electron chi connectivity index (χ2n) is 8.18. The van der Waals surface area contributed by atoms with Gasteiger partial charge in [-0.05, 0) is 80.9 Å². The molecule has 0 atom stereocenters. The molecule has 6 heteroatoms. The van der Waals surface area contributed by atoms with Crippen molar-refractivity contribution in [1.82, 2.24) is 4.90 Å². The summed E-state index contributed by atoms with van der Waals surface area (Å²) in [5.74, 6) is 2.15. The van der Waals surface area contributed by atoms with Gasteiger partial charge in [0.25, 0.3) is 0 Å². The van der Waals surface area contributed by atoms with E-state index in [1.807, 2.05) is 49.4 Å². The number of hydrogen-bond acceptors (Lipinski definition) is 4. The largest absolute Gasteiger partial charge is 0.494 e. The minimum atomic E-state index is -0.0421. The number of carbonyl (C=O) groups excluding carboxylic acids is 1. The summed E-state index contributed by atoms with van der Waals surface area (Å²) in [6, 6.07) is 23.0. The summed E-state index contributed by atoms with van der Waals surface area (Å²) in [6.45, 7) is 5.26. The van der Waals surface area contributed by atoms with Crippen molar-refractivity contribution in [3.05, 3.63) is 83.4 Å². The van der Waals surface area contributed by atoms with Gasteiger partial charge in [0, 0.05) is 17.5 Å². The van der Waals surface area contributed by atoms with Crippen molar-refractivity contribution in [3.8, 4) is 17.2 Å². The van der Waals surface area contributed by atoms with E-state index in [-0.39, 0.29) is 11.8 Å². The van der Waals surface area contributed by atoms with Gasteiger partial charge in [0.15, 0.2) is 5.75 Å². The lowest BCUT2D eigenvalue weighted by molar-refractivity contribution is -0.121. The van der Waals surface area contributed by atoms with Gasteiger partial charge in [-0.15, -0.1) is 0 Å². The first-order valence-corrected chi connectivity index (χ1v) is 11.8. The van der Waals surface area contributed by atoms with Crippen molar-refractivity contribution in [1.29, 1.82) is 0 Å². The van der Waals surface area contributed by atoms with Crippen LogP contribution < -0.4 is 14.8 Å². The fraction of sp³-hybridized carbons (Fsp3) is 0.296. The van der Waals surface area contributed by atoms with E-state index in [1.54, 1.807) is 18.2 Å². The smallest absolute Gasteiger partial charge is 0.227 e. The lowest BCUT2D eigenvalue weighted by Gasteiger charge is -2.31. The molecule has 3 aromatic rings. The quantitative estimate of drug-likeness (QED) is 0.420.